The molecule has 0 spiro atoms. The summed E-state index contributed by atoms with van der Waals surface area (Å²) in [5.41, 5.74) is 3.82. The van der Waals surface area contributed by atoms with Crippen LogP contribution in [0.2, 0.25) is 10.0 Å². The van der Waals surface area contributed by atoms with E-state index in [1.807, 2.05) is 61.5 Å². The first-order valence-corrected chi connectivity index (χ1v) is 11.2. The SMILES string of the molecule is CNC(=O)C(Cc1ccccc1)N(Cc1ccc(C)cc1)C(=O)Cc1ccc(Cl)c(Cl)c1. The van der Waals surface area contributed by atoms with E-state index >= 15 is 0 Å². The molecule has 0 aliphatic carbocycles. The van der Waals surface area contributed by atoms with E-state index in [0.717, 1.165) is 22.3 Å². The Morgan fingerprint density at radius 3 is 2.16 bits per heavy atom. The predicted molar refractivity (Wildman–Crippen MR) is 130 cm³/mol. The van der Waals surface area contributed by atoms with Gasteiger partial charge < -0.3 is 10.2 Å². The zero-order valence-corrected chi connectivity index (χ0v) is 19.7. The van der Waals surface area contributed by atoms with Crippen LogP contribution in [0, 0.1) is 6.92 Å². The molecule has 0 saturated carbocycles. The zero-order chi connectivity index (χ0) is 23.1. The third kappa shape index (κ3) is 6.35. The molecule has 0 bridgehead atoms. The molecule has 1 atom stereocenters. The second-order valence-corrected chi connectivity index (χ2v) is 8.57. The van der Waals surface area contributed by atoms with Crippen molar-refractivity contribution < 1.29 is 9.59 Å². The molecular weight excluding hydrogens is 443 g/mol. The van der Waals surface area contributed by atoms with Crippen molar-refractivity contribution in [1.82, 2.24) is 10.2 Å². The van der Waals surface area contributed by atoms with Crippen molar-refractivity contribution in [3.05, 3.63) is 105 Å². The fourth-order valence-electron chi connectivity index (χ4n) is 3.54. The van der Waals surface area contributed by atoms with Crippen LogP contribution in [0.15, 0.2) is 72.8 Å². The number of nitrogens with one attached hydrogen (secondary N) is 1. The quantitative estimate of drug-likeness (QED) is 0.491. The van der Waals surface area contributed by atoms with Gasteiger partial charge in [-0.1, -0.05) is 89.4 Å². The number of likely N-dealkylation sites (N-methyl/N-ethyl adjacent to an activating group) is 1. The summed E-state index contributed by atoms with van der Waals surface area (Å²) in [6.07, 6.45) is 0.532. The molecule has 3 aromatic carbocycles. The molecule has 3 aromatic rings. The normalized spacial score (nSPS) is 11.6. The summed E-state index contributed by atoms with van der Waals surface area (Å²) >= 11 is 12.2. The summed E-state index contributed by atoms with van der Waals surface area (Å²) < 4.78 is 0. The summed E-state index contributed by atoms with van der Waals surface area (Å²) in [5.74, 6) is -0.364. The summed E-state index contributed by atoms with van der Waals surface area (Å²) in [6, 6.07) is 22.2. The molecule has 0 radical (unpaired) electrons. The first-order chi connectivity index (χ1) is 15.4. The van der Waals surface area contributed by atoms with Crippen LogP contribution < -0.4 is 5.32 Å². The van der Waals surface area contributed by atoms with Crippen LogP contribution in [0.4, 0.5) is 0 Å². The van der Waals surface area contributed by atoms with Crippen LogP contribution in [-0.2, 0) is 29.0 Å². The number of halogens is 2. The number of hydrogen-bond donors (Lipinski definition) is 1. The van der Waals surface area contributed by atoms with Gasteiger partial charge >= 0.3 is 0 Å². The number of amides is 2. The maximum absolute atomic E-state index is 13.5. The Bertz CT molecular complexity index is 1070. The van der Waals surface area contributed by atoms with Gasteiger partial charge in [0, 0.05) is 20.0 Å². The van der Waals surface area contributed by atoms with Crippen molar-refractivity contribution in [3.63, 3.8) is 0 Å². The Balaban J connectivity index is 1.93. The molecular formula is C26H26Cl2N2O2. The van der Waals surface area contributed by atoms with Crippen LogP contribution in [0.5, 0.6) is 0 Å². The van der Waals surface area contributed by atoms with Crippen LogP contribution in [0.1, 0.15) is 22.3 Å². The first-order valence-electron chi connectivity index (χ1n) is 10.4. The van der Waals surface area contributed by atoms with Crippen molar-refractivity contribution in [2.24, 2.45) is 0 Å². The largest absolute Gasteiger partial charge is 0.357 e. The number of aryl methyl sites for hydroxylation is 1. The van der Waals surface area contributed by atoms with E-state index in [2.05, 4.69) is 5.32 Å². The molecule has 4 nitrogen and oxygen atoms in total. The van der Waals surface area contributed by atoms with Crippen LogP contribution >= 0.6 is 23.2 Å². The topological polar surface area (TPSA) is 49.4 Å². The lowest BCUT2D eigenvalue weighted by Crippen LogP contribution is -2.50. The second-order valence-electron chi connectivity index (χ2n) is 7.75. The molecule has 6 heteroatoms. The van der Waals surface area contributed by atoms with Gasteiger partial charge in [0.25, 0.3) is 0 Å². The highest BCUT2D eigenvalue weighted by Gasteiger charge is 2.29. The van der Waals surface area contributed by atoms with Gasteiger partial charge in [0.1, 0.15) is 6.04 Å². The van der Waals surface area contributed by atoms with Crippen molar-refractivity contribution in [2.45, 2.75) is 32.4 Å². The minimum absolute atomic E-state index is 0.116. The van der Waals surface area contributed by atoms with E-state index in [9.17, 15) is 9.59 Å². The lowest BCUT2D eigenvalue weighted by atomic mass is 10.0. The van der Waals surface area contributed by atoms with Crippen LogP contribution in [-0.4, -0.2) is 29.8 Å². The van der Waals surface area contributed by atoms with E-state index in [1.165, 1.54) is 0 Å². The zero-order valence-electron chi connectivity index (χ0n) is 18.1. The van der Waals surface area contributed by atoms with E-state index in [4.69, 9.17) is 23.2 Å². The number of rotatable bonds is 8. The fourth-order valence-corrected chi connectivity index (χ4v) is 3.86. The second kappa shape index (κ2) is 11.2. The Labute approximate surface area is 199 Å². The molecule has 0 fully saturated rings. The first kappa shape index (κ1) is 23.8. The van der Waals surface area contributed by atoms with Crippen molar-refractivity contribution in [1.29, 1.82) is 0 Å². The summed E-state index contributed by atoms with van der Waals surface area (Å²) in [6.45, 7) is 2.34. The highest BCUT2D eigenvalue weighted by atomic mass is 35.5. The van der Waals surface area contributed by atoms with E-state index in [0.29, 0.717) is 23.0 Å². The number of hydrogen-bond acceptors (Lipinski definition) is 2. The Morgan fingerprint density at radius 1 is 0.875 bits per heavy atom. The molecule has 0 aromatic heterocycles. The molecule has 0 heterocycles. The van der Waals surface area contributed by atoms with Crippen molar-refractivity contribution in [2.75, 3.05) is 7.05 Å². The number of carbonyl (C=O) groups excluding carboxylic acids is 2. The van der Waals surface area contributed by atoms with E-state index < -0.39 is 6.04 Å². The maximum atomic E-state index is 13.5. The van der Waals surface area contributed by atoms with Gasteiger partial charge in [-0.3, -0.25) is 9.59 Å². The van der Waals surface area contributed by atoms with Gasteiger partial charge in [-0.15, -0.1) is 0 Å². The Kier molecular flexibility index (Phi) is 8.32. The number of carbonyl (C=O) groups is 2. The molecule has 0 aliphatic heterocycles. The maximum Gasteiger partial charge on any atom is 0.242 e. The third-order valence-electron chi connectivity index (χ3n) is 5.33. The van der Waals surface area contributed by atoms with Crippen molar-refractivity contribution >= 4 is 35.0 Å². The van der Waals surface area contributed by atoms with Gasteiger partial charge in [0.2, 0.25) is 11.8 Å². The minimum Gasteiger partial charge on any atom is -0.357 e. The average molecular weight is 469 g/mol. The summed E-state index contributed by atoms with van der Waals surface area (Å²) in [7, 11) is 1.59. The van der Waals surface area contributed by atoms with Gasteiger partial charge in [0.05, 0.1) is 16.5 Å². The molecule has 3 rings (SSSR count). The molecule has 0 saturated heterocycles. The lowest BCUT2D eigenvalue weighted by molar-refractivity contribution is -0.140. The van der Waals surface area contributed by atoms with Crippen molar-refractivity contribution in [3.8, 4) is 0 Å². The smallest absolute Gasteiger partial charge is 0.242 e. The highest BCUT2D eigenvalue weighted by molar-refractivity contribution is 6.42. The minimum atomic E-state index is -0.654. The Morgan fingerprint density at radius 2 is 1.53 bits per heavy atom. The summed E-state index contributed by atoms with van der Waals surface area (Å²) in [5, 5.41) is 3.56. The van der Waals surface area contributed by atoms with Crippen LogP contribution in [0.25, 0.3) is 0 Å². The third-order valence-corrected chi connectivity index (χ3v) is 6.07. The molecule has 0 aliphatic rings. The Hall–Kier alpha value is -2.82. The van der Waals surface area contributed by atoms with Crippen LogP contribution in [0.3, 0.4) is 0 Å². The fraction of sp³-hybridized carbons (Fsp3) is 0.231. The number of benzene rings is 3. The number of nitrogens with zero attached hydrogens (tertiary/aromatic N) is 1. The van der Waals surface area contributed by atoms with E-state index in [1.54, 1.807) is 30.1 Å². The summed E-state index contributed by atoms with van der Waals surface area (Å²) in [4.78, 5) is 28.1. The van der Waals surface area contributed by atoms with E-state index in [-0.39, 0.29) is 18.2 Å². The monoisotopic (exact) mass is 468 g/mol. The highest BCUT2D eigenvalue weighted by Crippen LogP contribution is 2.24. The molecule has 32 heavy (non-hydrogen) atoms. The standard InChI is InChI=1S/C26H26Cl2N2O2/c1-18-8-10-20(11-9-18)17-30(25(31)16-21-12-13-22(27)23(28)14-21)24(26(32)29-2)15-19-6-4-3-5-7-19/h3-14,24H,15-17H2,1-2H3,(H,29,32). The van der Waals surface area contributed by atoms with Gasteiger partial charge in [-0.05, 0) is 35.7 Å². The average Bonchev–Trinajstić information content (AvgIpc) is 2.80. The molecule has 1 N–H and O–H groups in total. The van der Waals surface area contributed by atoms with Gasteiger partial charge in [0.15, 0.2) is 0 Å². The van der Waals surface area contributed by atoms with Gasteiger partial charge in [-0.25, -0.2) is 0 Å². The van der Waals surface area contributed by atoms with Gasteiger partial charge in [-0.2, -0.15) is 0 Å². The lowest BCUT2D eigenvalue weighted by Gasteiger charge is -2.31. The molecule has 2 amide bonds. The molecule has 1 unspecified atom stereocenters. The molecule has 166 valence electrons. The predicted octanol–water partition coefficient (Wildman–Crippen LogP) is 5.23.